The summed E-state index contributed by atoms with van der Waals surface area (Å²) in [7, 11) is 0. The van der Waals surface area contributed by atoms with Crippen molar-refractivity contribution < 1.29 is 4.79 Å². The van der Waals surface area contributed by atoms with E-state index >= 15 is 0 Å². The number of halogens is 1. The van der Waals surface area contributed by atoms with Gasteiger partial charge in [0, 0.05) is 22.4 Å². The van der Waals surface area contributed by atoms with Crippen molar-refractivity contribution in [2.24, 2.45) is 0 Å². The molecule has 0 atom stereocenters. The Morgan fingerprint density at radius 2 is 1.86 bits per heavy atom. The third-order valence-electron chi connectivity index (χ3n) is 2.03. The summed E-state index contributed by atoms with van der Waals surface area (Å²) in [6.45, 7) is 3.75. The van der Waals surface area contributed by atoms with Gasteiger partial charge in [-0.2, -0.15) is 0 Å². The number of hydrogen-bond donors (Lipinski definition) is 1. The first-order chi connectivity index (χ1) is 6.66. The lowest BCUT2D eigenvalue weighted by Crippen LogP contribution is -2.12. The van der Waals surface area contributed by atoms with Gasteiger partial charge in [-0.15, -0.1) is 0 Å². The monoisotopic (exact) mass is 205 g/mol. The van der Waals surface area contributed by atoms with E-state index in [0.717, 1.165) is 11.1 Å². The Morgan fingerprint density at radius 3 is 2.36 bits per heavy atom. The molecule has 2 nitrogen and oxygen atoms in total. The molecule has 0 aliphatic carbocycles. The molecule has 0 unspecified atom stereocenters. The van der Waals surface area contributed by atoms with Crippen LogP contribution in [0.4, 0.5) is 0 Å². The largest absolute Gasteiger partial charge is 0.322 e. The van der Waals surface area contributed by atoms with Gasteiger partial charge in [0.2, 0.25) is 5.91 Å². The van der Waals surface area contributed by atoms with Gasteiger partial charge in [0.25, 0.3) is 0 Å². The molecule has 2 rings (SSSR count). The molecule has 14 heavy (non-hydrogen) atoms. The number of allylic oxidation sites excluding steroid dienone is 1. The molecule has 70 valence electrons. The van der Waals surface area contributed by atoms with Gasteiger partial charge in [-0.05, 0) is 17.7 Å². The lowest BCUT2D eigenvalue weighted by molar-refractivity contribution is -0.115. The van der Waals surface area contributed by atoms with E-state index < -0.39 is 0 Å². The van der Waals surface area contributed by atoms with Crippen LogP contribution in [-0.4, -0.2) is 5.91 Å². The fourth-order valence-electron chi connectivity index (χ4n) is 1.36. The summed E-state index contributed by atoms with van der Waals surface area (Å²) in [6, 6.07) is 7.29. The third kappa shape index (κ3) is 1.56. The minimum absolute atomic E-state index is 0.125. The van der Waals surface area contributed by atoms with Gasteiger partial charge in [0.1, 0.15) is 0 Å². The van der Waals surface area contributed by atoms with Crippen molar-refractivity contribution >= 4 is 23.1 Å². The maximum atomic E-state index is 11.0. The Hall–Kier alpha value is -1.54. The number of benzene rings is 1. The Morgan fingerprint density at radius 1 is 1.21 bits per heavy atom. The van der Waals surface area contributed by atoms with Crippen LogP contribution >= 0.6 is 11.6 Å². The fraction of sp³-hybridized carbons (Fsp3) is 0. The van der Waals surface area contributed by atoms with Crippen LogP contribution in [0.5, 0.6) is 0 Å². The SMILES string of the molecule is C=C1NC(=O)C=C1c1ccc(Cl)cc1. The zero-order valence-electron chi connectivity index (χ0n) is 7.38. The summed E-state index contributed by atoms with van der Waals surface area (Å²) < 4.78 is 0. The molecule has 1 aromatic carbocycles. The van der Waals surface area contributed by atoms with E-state index in [1.807, 2.05) is 12.1 Å². The standard InChI is InChI=1S/C11H8ClNO/c1-7-10(6-11(14)13-7)8-2-4-9(12)5-3-8/h2-6H,1H2,(H,13,14). The third-order valence-corrected chi connectivity index (χ3v) is 2.28. The maximum Gasteiger partial charge on any atom is 0.249 e. The van der Waals surface area contributed by atoms with Crippen molar-refractivity contribution in [3.8, 4) is 0 Å². The van der Waals surface area contributed by atoms with E-state index in [0.29, 0.717) is 10.7 Å². The van der Waals surface area contributed by atoms with Crippen LogP contribution in [0.25, 0.3) is 5.57 Å². The van der Waals surface area contributed by atoms with E-state index in [1.54, 1.807) is 12.1 Å². The molecule has 1 aliphatic rings. The second kappa shape index (κ2) is 3.31. The molecule has 1 heterocycles. The van der Waals surface area contributed by atoms with Crippen LogP contribution in [0.2, 0.25) is 5.02 Å². The normalized spacial score (nSPS) is 15.4. The molecule has 1 N–H and O–H groups in total. The molecule has 0 saturated carbocycles. The van der Waals surface area contributed by atoms with Gasteiger partial charge in [-0.1, -0.05) is 30.3 Å². The lowest BCUT2D eigenvalue weighted by atomic mass is 10.1. The summed E-state index contributed by atoms with van der Waals surface area (Å²) in [6.07, 6.45) is 1.53. The zero-order valence-corrected chi connectivity index (χ0v) is 8.14. The smallest absolute Gasteiger partial charge is 0.249 e. The van der Waals surface area contributed by atoms with E-state index in [-0.39, 0.29) is 5.91 Å². The van der Waals surface area contributed by atoms with Crippen LogP contribution < -0.4 is 5.32 Å². The highest BCUT2D eigenvalue weighted by Gasteiger charge is 2.16. The molecule has 1 amide bonds. The van der Waals surface area contributed by atoms with Crippen molar-refractivity contribution in [1.82, 2.24) is 5.32 Å². The van der Waals surface area contributed by atoms with Crippen molar-refractivity contribution in [1.29, 1.82) is 0 Å². The van der Waals surface area contributed by atoms with Crippen LogP contribution in [0.1, 0.15) is 5.56 Å². The van der Waals surface area contributed by atoms with E-state index in [1.165, 1.54) is 6.08 Å². The van der Waals surface area contributed by atoms with Crippen LogP contribution in [0.3, 0.4) is 0 Å². The fourth-order valence-corrected chi connectivity index (χ4v) is 1.48. The summed E-state index contributed by atoms with van der Waals surface area (Å²) in [5, 5.41) is 3.30. The van der Waals surface area contributed by atoms with Gasteiger partial charge in [-0.25, -0.2) is 0 Å². The number of amides is 1. The van der Waals surface area contributed by atoms with Crippen LogP contribution in [0, 0.1) is 0 Å². The van der Waals surface area contributed by atoms with E-state index in [9.17, 15) is 4.79 Å². The molecule has 3 heteroatoms. The highest BCUT2D eigenvalue weighted by molar-refractivity contribution is 6.30. The number of carbonyl (C=O) groups is 1. The van der Waals surface area contributed by atoms with Gasteiger partial charge in [0.05, 0.1) is 0 Å². The van der Waals surface area contributed by atoms with Gasteiger partial charge in [-0.3, -0.25) is 4.79 Å². The molecule has 0 bridgehead atoms. The zero-order chi connectivity index (χ0) is 10.1. The van der Waals surface area contributed by atoms with E-state index in [4.69, 9.17) is 11.6 Å². The number of rotatable bonds is 1. The van der Waals surface area contributed by atoms with Gasteiger partial charge < -0.3 is 5.32 Å². The molecule has 0 radical (unpaired) electrons. The number of hydrogen-bond acceptors (Lipinski definition) is 1. The Bertz CT molecular complexity index is 431. The first-order valence-corrected chi connectivity index (χ1v) is 4.52. The first-order valence-electron chi connectivity index (χ1n) is 4.15. The summed E-state index contributed by atoms with van der Waals surface area (Å²) in [5.74, 6) is -0.125. The van der Waals surface area contributed by atoms with Crippen molar-refractivity contribution in [3.63, 3.8) is 0 Å². The topological polar surface area (TPSA) is 29.1 Å². The average molecular weight is 206 g/mol. The summed E-state index contributed by atoms with van der Waals surface area (Å²) in [4.78, 5) is 11.0. The molecule has 0 spiro atoms. The van der Waals surface area contributed by atoms with Crippen LogP contribution in [-0.2, 0) is 4.79 Å². The first kappa shape index (κ1) is 9.03. The highest BCUT2D eigenvalue weighted by atomic mass is 35.5. The number of carbonyl (C=O) groups excluding carboxylic acids is 1. The Balaban J connectivity index is 2.41. The second-order valence-electron chi connectivity index (χ2n) is 3.03. The molecule has 1 aliphatic heterocycles. The number of nitrogens with one attached hydrogen (secondary N) is 1. The summed E-state index contributed by atoms with van der Waals surface area (Å²) >= 11 is 5.76. The minimum Gasteiger partial charge on any atom is -0.322 e. The van der Waals surface area contributed by atoms with E-state index in [2.05, 4.69) is 11.9 Å². The minimum atomic E-state index is -0.125. The summed E-state index contributed by atoms with van der Waals surface area (Å²) in [5.41, 5.74) is 2.40. The van der Waals surface area contributed by atoms with Gasteiger partial charge in [0.15, 0.2) is 0 Å². The maximum absolute atomic E-state index is 11.0. The quantitative estimate of drug-likeness (QED) is 0.750. The van der Waals surface area contributed by atoms with Gasteiger partial charge >= 0.3 is 0 Å². The van der Waals surface area contributed by atoms with Crippen LogP contribution in [0.15, 0.2) is 42.6 Å². The van der Waals surface area contributed by atoms with Crippen molar-refractivity contribution in [2.45, 2.75) is 0 Å². The molecule has 0 fully saturated rings. The predicted octanol–water partition coefficient (Wildman–Crippen LogP) is 2.37. The van der Waals surface area contributed by atoms with Crippen molar-refractivity contribution in [2.75, 3.05) is 0 Å². The second-order valence-corrected chi connectivity index (χ2v) is 3.47. The molecule has 0 saturated heterocycles. The van der Waals surface area contributed by atoms with Crippen molar-refractivity contribution in [3.05, 3.63) is 53.2 Å². The highest BCUT2D eigenvalue weighted by Crippen LogP contribution is 2.24. The lowest BCUT2D eigenvalue weighted by Gasteiger charge is -2.03. The predicted molar refractivity (Wildman–Crippen MR) is 56.7 cm³/mol. The molecular formula is C11H8ClNO. The molecule has 1 aromatic rings. The Labute approximate surface area is 86.9 Å². The molecule has 0 aromatic heterocycles. The molecular weight excluding hydrogens is 198 g/mol. The Kier molecular flexibility index (Phi) is 2.14. The average Bonchev–Trinajstić information content (AvgIpc) is 2.47.